The van der Waals surface area contributed by atoms with Crippen LogP contribution in [0, 0.1) is 5.21 Å². The Balaban J connectivity index is 2.77. The Morgan fingerprint density at radius 3 is 3.12 bits per heavy atom. The van der Waals surface area contributed by atoms with Crippen LogP contribution in [0.1, 0.15) is 5.69 Å². The Morgan fingerprint density at radius 1 is 1.75 bits per heavy atom. The van der Waals surface area contributed by atoms with Gasteiger partial charge >= 0.3 is 0 Å². The van der Waals surface area contributed by atoms with E-state index in [-0.39, 0.29) is 0 Å². The minimum absolute atomic E-state index is 0.736. The first-order chi connectivity index (χ1) is 3.93. The highest BCUT2D eigenvalue weighted by Gasteiger charge is 1.78. The van der Waals surface area contributed by atoms with Crippen LogP contribution < -0.4 is 0 Å². The normalized spacial score (nSPS) is 10.5. The Bertz CT molecular complexity index is 167. The fourth-order valence-corrected chi connectivity index (χ4v) is 0.481. The van der Waals surface area contributed by atoms with Gasteiger partial charge in [0.25, 0.3) is 0 Å². The molecule has 0 spiro atoms. The van der Waals surface area contributed by atoms with Gasteiger partial charge in [0.15, 0.2) is 0 Å². The second-order valence-electron chi connectivity index (χ2n) is 1.36. The lowest BCUT2D eigenvalue weighted by Gasteiger charge is -1.86. The summed E-state index contributed by atoms with van der Waals surface area (Å²) in [5, 5.41) is 12.1. The lowest BCUT2D eigenvalue weighted by molar-refractivity contribution is 1.38. The number of hydrogen-bond donors (Lipinski definition) is 1. The molecule has 0 atom stereocenters. The molecule has 0 aliphatic carbocycles. The predicted molar refractivity (Wildman–Crippen MR) is 31.8 cm³/mol. The lowest BCUT2D eigenvalue weighted by Crippen LogP contribution is -1.75. The van der Waals surface area contributed by atoms with Crippen LogP contribution in [-0.2, 0) is 0 Å². The third-order valence-corrected chi connectivity index (χ3v) is 0.814. The van der Waals surface area contributed by atoms with E-state index in [9.17, 15) is 5.21 Å². The molecule has 42 valence electrons. The highest BCUT2D eigenvalue weighted by molar-refractivity contribution is 5.76. The van der Waals surface area contributed by atoms with Gasteiger partial charge in [-0.3, -0.25) is 0 Å². The standard InChI is InChI=1S/C5H6N2O/c8-7-4-5-2-1-3-6-5/h1-4,6,8H/p-1/b7-4-. The molecule has 0 amide bonds. The number of aromatic amines is 1. The van der Waals surface area contributed by atoms with Gasteiger partial charge in [-0.2, -0.15) is 0 Å². The van der Waals surface area contributed by atoms with E-state index in [0.29, 0.717) is 0 Å². The van der Waals surface area contributed by atoms with Gasteiger partial charge in [0.1, 0.15) is 0 Å². The molecule has 0 aromatic carbocycles. The largest absolute Gasteiger partial charge is 0.792 e. The van der Waals surface area contributed by atoms with Gasteiger partial charge in [0.2, 0.25) is 0 Å². The number of hydrogen-bond acceptors (Lipinski definition) is 2. The van der Waals surface area contributed by atoms with Gasteiger partial charge in [0.05, 0.1) is 5.69 Å². The number of aromatic nitrogens is 1. The van der Waals surface area contributed by atoms with E-state index < -0.39 is 0 Å². The maximum absolute atomic E-state index is 9.55. The summed E-state index contributed by atoms with van der Waals surface area (Å²) in [6.07, 6.45) is 2.96. The van der Waals surface area contributed by atoms with E-state index in [4.69, 9.17) is 0 Å². The third kappa shape index (κ3) is 0.872. The van der Waals surface area contributed by atoms with E-state index in [1.807, 2.05) is 0 Å². The summed E-state index contributed by atoms with van der Waals surface area (Å²) in [4.78, 5) is 2.79. The molecule has 0 aliphatic heterocycles. The van der Waals surface area contributed by atoms with Gasteiger partial charge in [-0.25, -0.2) is 0 Å². The fraction of sp³-hybridized carbons (Fsp3) is 0. The molecular formula is C5H5N2O-. The van der Waals surface area contributed by atoms with Gasteiger partial charge in [0, 0.05) is 12.4 Å². The molecule has 1 heterocycles. The van der Waals surface area contributed by atoms with Crippen LogP contribution in [0.3, 0.4) is 0 Å². The monoisotopic (exact) mass is 109 g/mol. The molecular weight excluding hydrogens is 104 g/mol. The van der Waals surface area contributed by atoms with Crippen molar-refractivity contribution in [1.29, 1.82) is 0 Å². The average molecular weight is 109 g/mol. The van der Waals surface area contributed by atoms with Crippen LogP contribution in [-0.4, -0.2) is 11.2 Å². The Kier molecular flexibility index (Phi) is 1.32. The number of nitrogens with zero attached hydrogens (tertiary/aromatic N) is 1. The van der Waals surface area contributed by atoms with Crippen molar-refractivity contribution in [1.82, 2.24) is 4.98 Å². The first kappa shape index (κ1) is 4.90. The predicted octanol–water partition coefficient (Wildman–Crippen LogP) is 0.931. The minimum atomic E-state index is 0.736. The van der Waals surface area contributed by atoms with Crippen molar-refractivity contribution in [3.05, 3.63) is 29.2 Å². The SMILES string of the molecule is [O-]/N=C\c1ccc[nH]1. The summed E-state index contributed by atoms with van der Waals surface area (Å²) in [5.74, 6) is 0. The van der Waals surface area contributed by atoms with Crippen molar-refractivity contribution in [2.45, 2.75) is 0 Å². The molecule has 0 radical (unpaired) electrons. The highest BCUT2D eigenvalue weighted by Crippen LogP contribution is 1.87. The van der Waals surface area contributed by atoms with Crippen molar-refractivity contribution >= 4 is 6.21 Å². The van der Waals surface area contributed by atoms with E-state index in [2.05, 4.69) is 10.1 Å². The number of rotatable bonds is 1. The zero-order chi connectivity index (χ0) is 5.82. The molecule has 3 nitrogen and oxygen atoms in total. The van der Waals surface area contributed by atoms with Crippen molar-refractivity contribution in [3.8, 4) is 0 Å². The summed E-state index contributed by atoms with van der Waals surface area (Å²) in [6, 6.07) is 3.57. The zero-order valence-corrected chi connectivity index (χ0v) is 4.16. The highest BCUT2D eigenvalue weighted by atomic mass is 16.4. The third-order valence-electron chi connectivity index (χ3n) is 0.814. The van der Waals surface area contributed by atoms with Crippen molar-refractivity contribution in [2.24, 2.45) is 5.16 Å². The first-order valence-corrected chi connectivity index (χ1v) is 2.22. The van der Waals surface area contributed by atoms with Crippen molar-refractivity contribution < 1.29 is 0 Å². The molecule has 0 bridgehead atoms. The molecule has 1 N–H and O–H groups in total. The Morgan fingerprint density at radius 2 is 2.62 bits per heavy atom. The van der Waals surface area contributed by atoms with Gasteiger partial charge in [-0.05, 0) is 12.1 Å². The summed E-state index contributed by atoms with van der Waals surface area (Å²) in [6.45, 7) is 0. The van der Waals surface area contributed by atoms with Gasteiger partial charge in [-0.15, -0.1) is 0 Å². The molecule has 0 unspecified atom stereocenters. The van der Waals surface area contributed by atoms with E-state index in [1.165, 1.54) is 6.21 Å². The summed E-state index contributed by atoms with van der Waals surface area (Å²) < 4.78 is 0. The molecule has 1 aromatic rings. The Labute approximate surface area is 46.6 Å². The van der Waals surface area contributed by atoms with Crippen LogP contribution in [0.15, 0.2) is 23.5 Å². The summed E-state index contributed by atoms with van der Waals surface area (Å²) in [7, 11) is 0. The van der Waals surface area contributed by atoms with Crippen LogP contribution in [0.5, 0.6) is 0 Å². The molecule has 0 aliphatic rings. The number of nitrogens with one attached hydrogen (secondary N) is 1. The van der Waals surface area contributed by atoms with Crippen LogP contribution in [0.4, 0.5) is 0 Å². The minimum Gasteiger partial charge on any atom is -0.792 e. The van der Waals surface area contributed by atoms with Crippen molar-refractivity contribution in [3.63, 3.8) is 0 Å². The fourth-order valence-electron chi connectivity index (χ4n) is 0.481. The lowest BCUT2D eigenvalue weighted by atomic mass is 10.5. The van der Waals surface area contributed by atoms with Gasteiger partial charge in [-0.1, -0.05) is 0 Å². The molecule has 8 heavy (non-hydrogen) atoms. The zero-order valence-electron chi connectivity index (χ0n) is 4.16. The van der Waals surface area contributed by atoms with E-state index in [1.54, 1.807) is 18.3 Å². The van der Waals surface area contributed by atoms with Crippen LogP contribution in [0.25, 0.3) is 0 Å². The van der Waals surface area contributed by atoms with E-state index in [0.717, 1.165) is 5.69 Å². The topological polar surface area (TPSA) is 51.2 Å². The maximum atomic E-state index is 9.55. The average Bonchev–Trinajstić information content (AvgIpc) is 2.19. The van der Waals surface area contributed by atoms with Crippen molar-refractivity contribution in [2.75, 3.05) is 0 Å². The molecule has 0 fully saturated rings. The van der Waals surface area contributed by atoms with Crippen LogP contribution >= 0.6 is 0 Å². The first-order valence-electron chi connectivity index (χ1n) is 2.22. The second-order valence-corrected chi connectivity index (χ2v) is 1.36. The quantitative estimate of drug-likeness (QED) is 0.423. The smallest absolute Gasteiger partial charge is 0.0557 e. The van der Waals surface area contributed by atoms with Crippen LogP contribution in [0.2, 0.25) is 0 Å². The Hall–Kier alpha value is -1.25. The second kappa shape index (κ2) is 2.16. The summed E-state index contributed by atoms with van der Waals surface area (Å²) >= 11 is 0. The molecule has 1 rings (SSSR count). The molecule has 0 saturated heterocycles. The molecule has 1 aromatic heterocycles. The summed E-state index contributed by atoms with van der Waals surface area (Å²) in [5.41, 5.74) is 0.736. The molecule has 3 heteroatoms. The molecule has 0 saturated carbocycles. The van der Waals surface area contributed by atoms with E-state index >= 15 is 0 Å². The van der Waals surface area contributed by atoms with Gasteiger partial charge < -0.3 is 15.3 Å². The number of H-pyrrole nitrogens is 1. The maximum Gasteiger partial charge on any atom is 0.0557 e.